The van der Waals surface area contributed by atoms with E-state index < -0.39 is 35.4 Å². The topological polar surface area (TPSA) is 66.8 Å². The highest BCUT2D eigenvalue weighted by Gasteiger charge is 2.54. The smallest absolute Gasteiger partial charge is 0.410 e. The molecule has 0 aromatic rings. The second-order valence-electron chi connectivity index (χ2n) is 5.99. The predicted molar refractivity (Wildman–Crippen MR) is 76.7 cm³/mol. The van der Waals surface area contributed by atoms with E-state index >= 15 is 0 Å². The molecule has 0 bridgehead atoms. The second kappa shape index (κ2) is 6.73. The third kappa shape index (κ3) is 3.63. The van der Waals surface area contributed by atoms with Crippen LogP contribution in [0.5, 0.6) is 0 Å². The van der Waals surface area contributed by atoms with Crippen LogP contribution in [0.25, 0.3) is 0 Å². The van der Waals surface area contributed by atoms with Gasteiger partial charge in [0.15, 0.2) is 6.10 Å². The monoisotopic (exact) mass is 319 g/mol. The molecule has 0 fully saturated rings. The minimum atomic E-state index is -4.00. The molecule has 0 spiro atoms. The van der Waals surface area contributed by atoms with E-state index in [9.17, 15) is 23.5 Å². The Balaban J connectivity index is 3.13. The van der Waals surface area contributed by atoms with Crippen LogP contribution in [0.2, 0.25) is 0 Å². The van der Waals surface area contributed by atoms with Crippen LogP contribution >= 0.6 is 0 Å². The molecule has 0 saturated carbocycles. The number of halogens is 2. The van der Waals surface area contributed by atoms with Crippen LogP contribution in [0.15, 0.2) is 12.2 Å². The van der Waals surface area contributed by atoms with Gasteiger partial charge in [0.1, 0.15) is 6.10 Å². The van der Waals surface area contributed by atoms with E-state index in [1.165, 1.54) is 11.0 Å². The van der Waals surface area contributed by atoms with E-state index in [1.807, 2.05) is 0 Å². The van der Waals surface area contributed by atoms with Crippen molar-refractivity contribution in [1.82, 2.24) is 4.90 Å². The van der Waals surface area contributed by atoms with Gasteiger partial charge in [-0.25, -0.2) is 4.79 Å². The van der Waals surface area contributed by atoms with Crippen molar-refractivity contribution in [2.45, 2.75) is 52.2 Å². The van der Waals surface area contributed by atoms with Crippen LogP contribution in [0.3, 0.4) is 0 Å². The van der Waals surface area contributed by atoms with Crippen molar-refractivity contribution < 1.29 is 28.2 Å². The first-order valence-electron chi connectivity index (χ1n) is 7.30. The highest BCUT2D eigenvalue weighted by molar-refractivity contribution is 5.93. The molecule has 0 aromatic heterocycles. The summed E-state index contributed by atoms with van der Waals surface area (Å²) in [5.41, 5.74) is -1.00. The number of hydrogen-bond donors (Lipinski definition) is 1. The molecule has 1 rings (SSSR count). The van der Waals surface area contributed by atoms with Crippen molar-refractivity contribution in [1.29, 1.82) is 0 Å². The van der Waals surface area contributed by atoms with Crippen LogP contribution in [0, 0.1) is 5.41 Å². The summed E-state index contributed by atoms with van der Waals surface area (Å²) in [5.74, 6) is -5.57. The molecule has 0 saturated heterocycles. The highest BCUT2D eigenvalue weighted by atomic mass is 19.3. The SMILES string of the molecule is CCN(CC)C(=O)O[C@H]1C(=O)C(F)(F)[C@@H](O)/C=C\CC1(C)C. The van der Waals surface area contributed by atoms with E-state index in [1.54, 1.807) is 27.7 Å². The van der Waals surface area contributed by atoms with Gasteiger partial charge in [-0.2, -0.15) is 8.78 Å². The predicted octanol–water partition coefficient (Wildman–Crippen LogP) is 2.38. The Hall–Kier alpha value is -1.50. The average molecular weight is 319 g/mol. The lowest BCUT2D eigenvalue weighted by atomic mass is 9.77. The molecule has 0 heterocycles. The quantitative estimate of drug-likeness (QED) is 0.811. The average Bonchev–Trinajstić information content (AvgIpc) is 2.43. The van der Waals surface area contributed by atoms with E-state index in [0.717, 1.165) is 6.08 Å². The Morgan fingerprint density at radius 1 is 1.41 bits per heavy atom. The zero-order chi connectivity index (χ0) is 17.1. The van der Waals surface area contributed by atoms with E-state index in [0.29, 0.717) is 13.1 Å². The normalized spacial score (nSPS) is 28.4. The first-order chi connectivity index (χ1) is 10.1. The summed E-state index contributed by atoms with van der Waals surface area (Å²) in [5, 5.41) is 9.43. The second-order valence-corrected chi connectivity index (χ2v) is 5.99. The van der Waals surface area contributed by atoms with Crippen molar-refractivity contribution in [3.63, 3.8) is 0 Å². The van der Waals surface area contributed by atoms with Crippen LogP contribution in [0.1, 0.15) is 34.1 Å². The maximum absolute atomic E-state index is 14.0. The fourth-order valence-electron chi connectivity index (χ4n) is 2.27. The van der Waals surface area contributed by atoms with Crippen LogP contribution in [0.4, 0.5) is 13.6 Å². The van der Waals surface area contributed by atoms with Gasteiger partial charge in [-0.1, -0.05) is 26.0 Å². The molecular weight excluding hydrogens is 296 g/mol. The minimum Gasteiger partial charge on any atom is -0.437 e. The van der Waals surface area contributed by atoms with Crippen molar-refractivity contribution in [2.75, 3.05) is 13.1 Å². The van der Waals surface area contributed by atoms with Crippen LogP contribution in [-0.4, -0.2) is 53.1 Å². The fraction of sp³-hybridized carbons (Fsp3) is 0.733. The number of allylic oxidation sites excluding steroid dienone is 1. The number of ether oxygens (including phenoxy) is 1. The van der Waals surface area contributed by atoms with Gasteiger partial charge in [0, 0.05) is 18.5 Å². The fourth-order valence-corrected chi connectivity index (χ4v) is 2.27. The number of hydrogen-bond acceptors (Lipinski definition) is 4. The number of ketones is 1. The Morgan fingerprint density at radius 3 is 2.45 bits per heavy atom. The van der Waals surface area contributed by atoms with E-state index in [4.69, 9.17) is 4.74 Å². The molecule has 0 aliphatic heterocycles. The number of carbonyl (C=O) groups excluding carboxylic acids is 2. The lowest BCUT2D eigenvalue weighted by molar-refractivity contribution is -0.171. The number of alkyl halides is 2. The molecule has 0 radical (unpaired) electrons. The van der Waals surface area contributed by atoms with E-state index in [2.05, 4.69) is 0 Å². The molecule has 22 heavy (non-hydrogen) atoms. The standard InChI is InChI=1S/C15H23F2NO4/c1-5-18(6-2)13(21)22-12-11(20)15(16,17)10(19)8-7-9-14(12,3)4/h7-8,10,12,19H,5-6,9H2,1-4H3/b8-7-/t10-,12-/m0/s1. The van der Waals surface area contributed by atoms with Crippen LogP contribution < -0.4 is 0 Å². The molecule has 0 aromatic carbocycles. The molecule has 7 heteroatoms. The Kier molecular flexibility index (Phi) is 5.67. The third-order valence-electron chi connectivity index (χ3n) is 3.85. The summed E-state index contributed by atoms with van der Waals surface area (Å²) in [6.45, 7) is 7.27. The zero-order valence-corrected chi connectivity index (χ0v) is 13.3. The van der Waals surface area contributed by atoms with Crippen LogP contribution in [-0.2, 0) is 9.53 Å². The molecule has 5 nitrogen and oxygen atoms in total. The summed E-state index contributed by atoms with van der Waals surface area (Å²) in [7, 11) is 0. The first-order valence-corrected chi connectivity index (χ1v) is 7.30. The van der Waals surface area contributed by atoms with Gasteiger partial charge >= 0.3 is 12.0 Å². The number of amides is 1. The number of rotatable bonds is 3. The van der Waals surface area contributed by atoms with Gasteiger partial charge in [0.05, 0.1) is 0 Å². The van der Waals surface area contributed by atoms with Gasteiger partial charge in [-0.05, 0) is 20.3 Å². The first kappa shape index (κ1) is 18.5. The molecule has 1 N–H and O–H groups in total. The van der Waals surface area contributed by atoms with Gasteiger partial charge < -0.3 is 14.7 Å². The largest absolute Gasteiger partial charge is 0.437 e. The number of aliphatic hydroxyl groups is 1. The van der Waals surface area contributed by atoms with Crippen molar-refractivity contribution in [3.8, 4) is 0 Å². The van der Waals surface area contributed by atoms with Crippen molar-refractivity contribution >= 4 is 11.9 Å². The molecule has 0 unspecified atom stereocenters. The van der Waals surface area contributed by atoms with Gasteiger partial charge in [0.2, 0.25) is 5.78 Å². The van der Waals surface area contributed by atoms with E-state index in [-0.39, 0.29) is 6.42 Å². The number of aliphatic hydroxyl groups excluding tert-OH is 1. The maximum atomic E-state index is 14.0. The van der Waals surface area contributed by atoms with Gasteiger partial charge in [-0.15, -0.1) is 0 Å². The summed E-state index contributed by atoms with van der Waals surface area (Å²) >= 11 is 0. The minimum absolute atomic E-state index is 0.224. The molecular formula is C15H23F2NO4. The zero-order valence-electron chi connectivity index (χ0n) is 13.3. The highest BCUT2D eigenvalue weighted by Crippen LogP contribution is 2.37. The lowest BCUT2D eigenvalue weighted by Crippen LogP contribution is -2.54. The third-order valence-corrected chi connectivity index (χ3v) is 3.85. The number of Topliss-reactive ketones (excluding diaryl/α,β-unsaturated/α-hetero) is 1. The molecule has 1 aliphatic carbocycles. The Labute approximate surface area is 128 Å². The lowest BCUT2D eigenvalue weighted by Gasteiger charge is -2.37. The van der Waals surface area contributed by atoms with Gasteiger partial charge in [0.25, 0.3) is 0 Å². The number of nitrogens with zero attached hydrogens (tertiary/aromatic N) is 1. The summed E-state index contributed by atoms with van der Waals surface area (Å²) < 4.78 is 33.1. The summed E-state index contributed by atoms with van der Waals surface area (Å²) in [4.78, 5) is 25.5. The molecule has 2 atom stereocenters. The van der Waals surface area contributed by atoms with Crippen molar-refractivity contribution in [3.05, 3.63) is 12.2 Å². The summed E-state index contributed by atoms with van der Waals surface area (Å²) in [6, 6.07) is 0. The summed E-state index contributed by atoms with van der Waals surface area (Å²) in [6.07, 6.45) is -2.15. The Morgan fingerprint density at radius 2 is 1.95 bits per heavy atom. The maximum Gasteiger partial charge on any atom is 0.410 e. The van der Waals surface area contributed by atoms with Crippen molar-refractivity contribution in [2.24, 2.45) is 5.41 Å². The molecule has 1 amide bonds. The molecule has 1 aliphatic rings. The molecule has 126 valence electrons. The number of carbonyl (C=O) groups is 2. The Bertz CT molecular complexity index is 458. The van der Waals surface area contributed by atoms with Gasteiger partial charge in [-0.3, -0.25) is 4.79 Å².